The molecule has 2 aromatic rings. The van der Waals surface area contributed by atoms with Crippen molar-refractivity contribution in [2.24, 2.45) is 5.92 Å². The Balaban J connectivity index is 1.55. The van der Waals surface area contributed by atoms with Crippen LogP contribution in [0.3, 0.4) is 0 Å². The van der Waals surface area contributed by atoms with Crippen LogP contribution in [0.4, 0.5) is 5.69 Å². The Kier molecular flexibility index (Phi) is 4.16. The number of hydrogen-bond acceptors (Lipinski definition) is 5. The molecule has 3 heterocycles. The van der Waals surface area contributed by atoms with Crippen molar-refractivity contribution < 1.29 is 14.3 Å². The predicted octanol–water partition coefficient (Wildman–Crippen LogP) is 2.88. The van der Waals surface area contributed by atoms with Crippen molar-refractivity contribution in [3.05, 3.63) is 59.1 Å². The first-order chi connectivity index (χ1) is 13.6. The highest BCUT2D eigenvalue weighted by atomic mass is 35.5. The fourth-order valence-electron chi connectivity index (χ4n) is 4.76. The van der Waals surface area contributed by atoms with Gasteiger partial charge < -0.3 is 4.74 Å². The number of amides is 2. The molecule has 0 unspecified atom stereocenters. The van der Waals surface area contributed by atoms with Gasteiger partial charge in [-0.2, -0.15) is 0 Å². The maximum absolute atomic E-state index is 13.4. The largest absolute Gasteiger partial charge is 0.497 e. The van der Waals surface area contributed by atoms with Gasteiger partial charge in [0.05, 0.1) is 24.8 Å². The molecule has 0 aromatic heterocycles. The minimum absolute atomic E-state index is 0.144. The van der Waals surface area contributed by atoms with Crippen molar-refractivity contribution in [2.45, 2.75) is 18.5 Å². The second kappa shape index (κ2) is 6.58. The van der Waals surface area contributed by atoms with E-state index in [1.807, 2.05) is 24.3 Å². The highest BCUT2D eigenvalue weighted by Crippen LogP contribution is 2.49. The number of benzene rings is 2. The highest BCUT2D eigenvalue weighted by Gasteiger charge is 2.62. The van der Waals surface area contributed by atoms with Crippen LogP contribution in [0.2, 0.25) is 5.02 Å². The van der Waals surface area contributed by atoms with Gasteiger partial charge in [0.2, 0.25) is 5.91 Å². The molecule has 7 heteroatoms. The van der Waals surface area contributed by atoms with E-state index in [1.54, 1.807) is 31.4 Å². The third kappa shape index (κ3) is 2.49. The standard InChI is InChI=1S/C21H20ClN3O3/c1-28-16-9-7-15(8-10-16)25-20(26)17-18(13-3-5-14(22)6-4-13)23-11-2-12-24(23)19(17)21(25)27/h3-10,17-19H,2,11-12H2,1H3/t17-,18-,19-/m0/s1. The molecule has 0 aliphatic carbocycles. The van der Waals surface area contributed by atoms with Crippen molar-refractivity contribution in [2.75, 3.05) is 25.1 Å². The van der Waals surface area contributed by atoms with Gasteiger partial charge in [-0.1, -0.05) is 23.7 Å². The van der Waals surface area contributed by atoms with Crippen LogP contribution in [0.25, 0.3) is 0 Å². The van der Waals surface area contributed by atoms with E-state index in [-0.39, 0.29) is 17.9 Å². The van der Waals surface area contributed by atoms with Crippen LogP contribution in [0.5, 0.6) is 5.75 Å². The summed E-state index contributed by atoms with van der Waals surface area (Å²) < 4.78 is 5.19. The van der Waals surface area contributed by atoms with Crippen LogP contribution < -0.4 is 9.64 Å². The number of ether oxygens (including phenoxy) is 1. The monoisotopic (exact) mass is 397 g/mol. The number of fused-ring (bicyclic) bond motifs is 3. The molecular weight excluding hydrogens is 378 g/mol. The van der Waals surface area contributed by atoms with Gasteiger partial charge in [0.15, 0.2) is 0 Å². The molecule has 144 valence electrons. The summed E-state index contributed by atoms with van der Waals surface area (Å²) in [6, 6.07) is 14.1. The zero-order chi connectivity index (χ0) is 19.4. The first-order valence-corrected chi connectivity index (χ1v) is 9.78. The molecule has 2 amide bonds. The fourth-order valence-corrected chi connectivity index (χ4v) is 4.89. The van der Waals surface area contributed by atoms with Gasteiger partial charge in [0.25, 0.3) is 5.91 Å². The summed E-state index contributed by atoms with van der Waals surface area (Å²) in [4.78, 5) is 28.1. The summed E-state index contributed by atoms with van der Waals surface area (Å²) in [6.07, 6.45) is 0.983. The van der Waals surface area contributed by atoms with Crippen molar-refractivity contribution in [1.82, 2.24) is 10.0 Å². The average molecular weight is 398 g/mol. The molecule has 3 atom stereocenters. The maximum atomic E-state index is 13.4. The highest BCUT2D eigenvalue weighted by molar-refractivity contribution is 6.30. The number of hydrogen-bond donors (Lipinski definition) is 0. The molecule has 28 heavy (non-hydrogen) atoms. The second-order valence-electron chi connectivity index (χ2n) is 7.36. The Hall–Kier alpha value is -2.41. The lowest BCUT2D eigenvalue weighted by atomic mass is 9.90. The lowest BCUT2D eigenvalue weighted by Crippen LogP contribution is -2.44. The van der Waals surface area contributed by atoms with Crippen molar-refractivity contribution in [3.63, 3.8) is 0 Å². The lowest BCUT2D eigenvalue weighted by molar-refractivity contribution is -0.126. The zero-order valence-corrected chi connectivity index (χ0v) is 16.2. The smallest absolute Gasteiger partial charge is 0.253 e. The van der Waals surface area contributed by atoms with E-state index in [1.165, 1.54) is 4.90 Å². The summed E-state index contributed by atoms with van der Waals surface area (Å²) in [5.41, 5.74) is 1.60. The normalized spacial score (nSPS) is 27.4. The Morgan fingerprint density at radius 2 is 1.54 bits per heavy atom. The molecule has 0 saturated carbocycles. The molecule has 3 aliphatic heterocycles. The molecule has 3 fully saturated rings. The third-order valence-electron chi connectivity index (χ3n) is 5.95. The van der Waals surface area contributed by atoms with Gasteiger partial charge in [-0.15, -0.1) is 0 Å². The van der Waals surface area contributed by atoms with Crippen molar-refractivity contribution in [1.29, 1.82) is 0 Å². The van der Waals surface area contributed by atoms with E-state index < -0.39 is 12.0 Å². The van der Waals surface area contributed by atoms with Gasteiger partial charge >= 0.3 is 0 Å². The first-order valence-electron chi connectivity index (χ1n) is 9.40. The number of carbonyl (C=O) groups is 2. The van der Waals surface area contributed by atoms with Crippen LogP contribution >= 0.6 is 11.6 Å². The minimum atomic E-state index is -0.447. The van der Waals surface area contributed by atoms with Crippen molar-refractivity contribution >= 4 is 29.1 Å². The summed E-state index contributed by atoms with van der Waals surface area (Å²) >= 11 is 6.06. The lowest BCUT2D eigenvalue weighted by Gasteiger charge is -2.29. The van der Waals surface area contributed by atoms with E-state index >= 15 is 0 Å². The van der Waals surface area contributed by atoms with Crippen LogP contribution in [-0.2, 0) is 9.59 Å². The van der Waals surface area contributed by atoms with E-state index in [0.717, 1.165) is 25.1 Å². The summed E-state index contributed by atoms with van der Waals surface area (Å²) in [5.74, 6) is -0.0260. The fraction of sp³-hybridized carbons (Fsp3) is 0.333. The average Bonchev–Trinajstić information content (AvgIpc) is 3.35. The van der Waals surface area contributed by atoms with Gasteiger partial charge in [-0.25, -0.2) is 14.9 Å². The Labute approximate surface area is 168 Å². The van der Waals surface area contributed by atoms with Gasteiger partial charge in [0, 0.05) is 18.1 Å². The predicted molar refractivity (Wildman–Crippen MR) is 105 cm³/mol. The molecule has 0 bridgehead atoms. The molecule has 0 N–H and O–H groups in total. The summed E-state index contributed by atoms with van der Waals surface area (Å²) in [5, 5.41) is 4.94. The number of methoxy groups -OCH3 is 1. The number of nitrogens with zero attached hydrogens (tertiary/aromatic N) is 3. The van der Waals surface area contributed by atoms with Crippen LogP contribution in [0.1, 0.15) is 18.0 Å². The van der Waals surface area contributed by atoms with E-state index in [4.69, 9.17) is 16.3 Å². The van der Waals surface area contributed by atoms with E-state index in [9.17, 15) is 9.59 Å². The number of halogens is 1. The van der Waals surface area contributed by atoms with Gasteiger partial charge in [-0.3, -0.25) is 9.59 Å². The molecule has 3 aliphatic rings. The molecule has 3 saturated heterocycles. The zero-order valence-electron chi connectivity index (χ0n) is 15.4. The Morgan fingerprint density at radius 1 is 0.893 bits per heavy atom. The third-order valence-corrected chi connectivity index (χ3v) is 6.20. The Morgan fingerprint density at radius 3 is 2.18 bits per heavy atom. The number of hydrazine groups is 1. The van der Waals surface area contributed by atoms with E-state index in [2.05, 4.69) is 10.0 Å². The number of carbonyl (C=O) groups excluding carboxylic acids is 2. The molecule has 6 nitrogen and oxygen atoms in total. The molecular formula is C21H20ClN3O3. The summed E-state index contributed by atoms with van der Waals surface area (Å²) in [6.45, 7) is 1.64. The van der Waals surface area contributed by atoms with Crippen molar-refractivity contribution in [3.8, 4) is 5.75 Å². The number of anilines is 1. The second-order valence-corrected chi connectivity index (χ2v) is 7.79. The van der Waals surface area contributed by atoms with Crippen LogP contribution in [0, 0.1) is 5.92 Å². The van der Waals surface area contributed by atoms with Crippen LogP contribution in [-0.4, -0.2) is 48.1 Å². The molecule has 2 aromatic carbocycles. The number of rotatable bonds is 3. The Bertz CT molecular complexity index is 931. The topological polar surface area (TPSA) is 53.1 Å². The quantitative estimate of drug-likeness (QED) is 0.745. The van der Waals surface area contributed by atoms with Gasteiger partial charge in [-0.05, 0) is 48.4 Å². The molecule has 5 rings (SSSR count). The summed E-state index contributed by atoms with van der Waals surface area (Å²) in [7, 11) is 1.59. The van der Waals surface area contributed by atoms with Crippen LogP contribution in [0.15, 0.2) is 48.5 Å². The molecule has 0 spiro atoms. The SMILES string of the molecule is COc1ccc(N2C(=O)[C@@H]3[C@@H](C2=O)N2CCCN2[C@H]3c2ccc(Cl)cc2)cc1. The number of imide groups is 1. The maximum Gasteiger partial charge on any atom is 0.253 e. The van der Waals surface area contributed by atoms with E-state index in [0.29, 0.717) is 16.5 Å². The minimum Gasteiger partial charge on any atom is -0.497 e. The first kappa shape index (κ1) is 17.7. The molecule has 0 radical (unpaired) electrons. The van der Waals surface area contributed by atoms with Gasteiger partial charge in [0.1, 0.15) is 11.8 Å².